The number of fused-ring (bicyclic) bond motifs is 1. The van der Waals surface area contributed by atoms with Crippen LogP contribution in [0, 0.1) is 0 Å². The summed E-state index contributed by atoms with van der Waals surface area (Å²) >= 11 is 0. The highest BCUT2D eigenvalue weighted by atomic mass is 32.2. The summed E-state index contributed by atoms with van der Waals surface area (Å²) in [4.78, 5) is 1.39. The molecule has 0 aliphatic carbocycles. The minimum Gasteiger partial charge on any atom is -0.492 e. The van der Waals surface area contributed by atoms with Crippen LogP contribution in [0.4, 0.5) is 17.1 Å². The second-order valence-corrected chi connectivity index (χ2v) is 7.42. The van der Waals surface area contributed by atoms with Crippen molar-refractivity contribution in [3.8, 4) is 5.75 Å². The van der Waals surface area contributed by atoms with E-state index < -0.39 is 10.1 Å². The fourth-order valence-electron chi connectivity index (χ4n) is 2.80. The van der Waals surface area contributed by atoms with Crippen molar-refractivity contribution in [2.75, 3.05) is 26.1 Å². The van der Waals surface area contributed by atoms with Crippen LogP contribution in [-0.2, 0) is 10.1 Å². The van der Waals surface area contributed by atoms with Crippen molar-refractivity contribution in [1.29, 1.82) is 0 Å². The van der Waals surface area contributed by atoms with Gasteiger partial charge in [-0.15, -0.1) is 10.2 Å². The molecule has 0 spiro atoms. The summed E-state index contributed by atoms with van der Waals surface area (Å²) in [6, 6.07) is 16.1. The van der Waals surface area contributed by atoms with Gasteiger partial charge in [-0.25, -0.2) is 0 Å². The Morgan fingerprint density at radius 1 is 0.963 bits per heavy atom. The van der Waals surface area contributed by atoms with E-state index in [2.05, 4.69) is 10.2 Å². The summed E-state index contributed by atoms with van der Waals surface area (Å²) in [5.74, 6) is 0.208. The Labute approximate surface area is 157 Å². The van der Waals surface area contributed by atoms with Crippen molar-refractivity contribution in [1.82, 2.24) is 0 Å². The highest BCUT2D eigenvalue weighted by molar-refractivity contribution is 7.86. The number of nitrogens with zero attached hydrogens (tertiary/aromatic N) is 3. The third-order valence-corrected chi connectivity index (χ3v) is 4.95. The van der Waals surface area contributed by atoms with E-state index in [1.807, 2.05) is 36.4 Å². The molecule has 8 heteroatoms. The number of azo groups is 1. The topological polar surface area (TPSA) is 91.6 Å². The molecule has 0 aliphatic rings. The lowest BCUT2D eigenvalue weighted by atomic mass is 10.1. The first-order chi connectivity index (χ1) is 12.8. The molecule has 27 heavy (non-hydrogen) atoms. The number of methoxy groups -OCH3 is 1. The van der Waals surface area contributed by atoms with Crippen LogP contribution >= 0.6 is 0 Å². The number of benzene rings is 3. The molecule has 0 saturated heterocycles. The van der Waals surface area contributed by atoms with Crippen molar-refractivity contribution in [2.45, 2.75) is 4.90 Å². The van der Waals surface area contributed by atoms with Gasteiger partial charge in [0.15, 0.2) is 11.4 Å². The normalized spacial score (nSPS) is 11.9. The molecule has 0 saturated carbocycles. The maximum absolute atomic E-state index is 11.8. The van der Waals surface area contributed by atoms with Crippen molar-refractivity contribution in [2.24, 2.45) is 10.2 Å². The van der Waals surface area contributed by atoms with Crippen LogP contribution < -0.4 is 9.64 Å². The molecule has 0 bridgehead atoms. The molecular formula is C19H19N3O4S. The van der Waals surface area contributed by atoms with E-state index in [0.29, 0.717) is 11.4 Å². The highest BCUT2D eigenvalue weighted by Crippen LogP contribution is 2.42. The number of hydrogen-bond donors (Lipinski definition) is 1. The van der Waals surface area contributed by atoms with Crippen molar-refractivity contribution < 1.29 is 17.7 Å². The van der Waals surface area contributed by atoms with Gasteiger partial charge >= 0.3 is 0 Å². The van der Waals surface area contributed by atoms with Crippen LogP contribution in [0.5, 0.6) is 5.75 Å². The first-order valence-corrected chi connectivity index (χ1v) is 9.52. The average Bonchev–Trinajstić information content (AvgIpc) is 2.64. The molecule has 140 valence electrons. The third kappa shape index (κ3) is 3.76. The second-order valence-electron chi connectivity index (χ2n) is 6.03. The number of ether oxygens (including phenoxy) is 1. The lowest BCUT2D eigenvalue weighted by Crippen LogP contribution is -2.11. The lowest BCUT2D eigenvalue weighted by molar-refractivity contribution is 0.414. The van der Waals surface area contributed by atoms with Crippen LogP contribution in [0.2, 0.25) is 0 Å². The average molecular weight is 385 g/mol. The zero-order valence-corrected chi connectivity index (χ0v) is 15.9. The van der Waals surface area contributed by atoms with E-state index in [9.17, 15) is 13.0 Å². The van der Waals surface area contributed by atoms with Crippen molar-refractivity contribution >= 4 is 38.0 Å². The van der Waals surface area contributed by atoms with Gasteiger partial charge in [-0.05, 0) is 23.6 Å². The van der Waals surface area contributed by atoms with Crippen LogP contribution in [0.15, 0.2) is 69.7 Å². The van der Waals surface area contributed by atoms with Gasteiger partial charge < -0.3 is 9.64 Å². The molecule has 0 radical (unpaired) electrons. The van der Waals surface area contributed by atoms with Gasteiger partial charge in [0, 0.05) is 19.5 Å². The zero-order valence-electron chi connectivity index (χ0n) is 15.1. The van der Waals surface area contributed by atoms with E-state index >= 15 is 0 Å². The van der Waals surface area contributed by atoms with Gasteiger partial charge in [0.25, 0.3) is 10.1 Å². The van der Waals surface area contributed by atoms with Gasteiger partial charge in [-0.3, -0.25) is 4.55 Å². The molecule has 0 aromatic heterocycles. The Kier molecular flexibility index (Phi) is 5.11. The molecule has 0 heterocycles. The smallest absolute Gasteiger partial charge is 0.296 e. The summed E-state index contributed by atoms with van der Waals surface area (Å²) in [6.45, 7) is 0. The number of rotatable bonds is 5. The summed E-state index contributed by atoms with van der Waals surface area (Å²) in [5.41, 5.74) is 1.13. The molecule has 0 amide bonds. The van der Waals surface area contributed by atoms with Crippen molar-refractivity contribution in [3.05, 3.63) is 54.6 Å². The van der Waals surface area contributed by atoms with E-state index in [1.54, 1.807) is 31.1 Å². The minimum absolute atomic E-state index is 0.0564. The van der Waals surface area contributed by atoms with Gasteiger partial charge in [0.1, 0.15) is 4.90 Å². The predicted octanol–water partition coefficient (Wildman–Crippen LogP) is 4.58. The molecule has 3 rings (SSSR count). The molecule has 0 atom stereocenters. The fraction of sp³-hybridized carbons (Fsp3) is 0.158. The zero-order chi connectivity index (χ0) is 19.6. The highest BCUT2D eigenvalue weighted by Gasteiger charge is 2.23. The van der Waals surface area contributed by atoms with E-state index in [1.165, 1.54) is 13.2 Å². The van der Waals surface area contributed by atoms with Crippen LogP contribution in [0.3, 0.4) is 0 Å². The SMILES string of the molecule is COc1c(N(C)C)ccc(S(=O)(=O)O)c1N=Nc1cccc2ccccc12. The van der Waals surface area contributed by atoms with Gasteiger partial charge in [0.2, 0.25) is 0 Å². The van der Waals surface area contributed by atoms with Gasteiger partial charge in [-0.1, -0.05) is 36.4 Å². The predicted molar refractivity (Wildman–Crippen MR) is 105 cm³/mol. The first kappa shape index (κ1) is 18.8. The van der Waals surface area contributed by atoms with E-state index in [4.69, 9.17) is 4.74 Å². The number of hydrogen-bond acceptors (Lipinski definition) is 6. The summed E-state index contributed by atoms with van der Waals surface area (Å²) < 4.78 is 38.6. The molecule has 0 unspecified atom stereocenters. The van der Waals surface area contributed by atoms with Crippen LogP contribution in [-0.4, -0.2) is 34.2 Å². The Balaban J connectivity index is 2.23. The quantitative estimate of drug-likeness (QED) is 0.513. The molecular weight excluding hydrogens is 366 g/mol. The molecule has 3 aromatic rings. The molecule has 0 fully saturated rings. The molecule has 1 N–H and O–H groups in total. The van der Waals surface area contributed by atoms with Gasteiger partial charge in [-0.2, -0.15) is 8.42 Å². The van der Waals surface area contributed by atoms with Crippen LogP contribution in [0.25, 0.3) is 10.8 Å². The summed E-state index contributed by atoms with van der Waals surface area (Å²) in [7, 11) is 0.479. The number of anilines is 1. The Morgan fingerprint density at radius 3 is 2.33 bits per heavy atom. The molecule has 0 aliphatic heterocycles. The second kappa shape index (κ2) is 7.34. The lowest BCUT2D eigenvalue weighted by Gasteiger charge is -2.18. The fourth-order valence-corrected chi connectivity index (χ4v) is 3.42. The standard InChI is InChI=1S/C19H19N3O4S/c1-22(2)16-11-12-17(27(23,24)25)18(19(16)26-3)21-20-15-10-6-8-13-7-4-5-9-14(13)15/h4-12H,1-3H3,(H,23,24,25). The first-order valence-electron chi connectivity index (χ1n) is 8.08. The summed E-state index contributed by atoms with van der Waals surface area (Å²) in [6.07, 6.45) is 0. The van der Waals surface area contributed by atoms with Crippen LogP contribution in [0.1, 0.15) is 0 Å². The minimum atomic E-state index is -4.51. The Hall–Kier alpha value is -2.97. The van der Waals surface area contributed by atoms with E-state index in [0.717, 1.165) is 10.8 Å². The Morgan fingerprint density at radius 2 is 1.67 bits per heavy atom. The van der Waals surface area contributed by atoms with E-state index in [-0.39, 0.29) is 16.3 Å². The molecule has 3 aromatic carbocycles. The van der Waals surface area contributed by atoms with Crippen molar-refractivity contribution in [3.63, 3.8) is 0 Å². The maximum atomic E-state index is 11.8. The third-order valence-electron chi connectivity index (χ3n) is 4.06. The van der Waals surface area contributed by atoms with Gasteiger partial charge in [0.05, 0.1) is 18.5 Å². The largest absolute Gasteiger partial charge is 0.492 e. The monoisotopic (exact) mass is 385 g/mol. The maximum Gasteiger partial charge on any atom is 0.296 e. The summed E-state index contributed by atoms with van der Waals surface area (Å²) in [5, 5.41) is 10.2. The Bertz CT molecular complexity index is 1120. The molecule has 7 nitrogen and oxygen atoms in total.